The van der Waals surface area contributed by atoms with Gasteiger partial charge in [-0.3, -0.25) is 9.59 Å². The molecule has 0 amide bonds. The minimum absolute atomic E-state index is 0.0562. The molecule has 0 aliphatic carbocycles. The average molecular weight is 483 g/mol. The fourth-order valence-corrected chi connectivity index (χ4v) is 4.42. The van der Waals surface area contributed by atoms with Crippen molar-refractivity contribution in [1.29, 1.82) is 0 Å². The number of fused-ring (bicyclic) bond motifs is 1. The summed E-state index contributed by atoms with van der Waals surface area (Å²) in [5.74, 6) is 0.237. The Morgan fingerprint density at radius 3 is 2.28 bits per heavy atom. The van der Waals surface area contributed by atoms with Gasteiger partial charge >= 0.3 is 5.97 Å². The van der Waals surface area contributed by atoms with Gasteiger partial charge in [0.15, 0.2) is 11.5 Å². The molecule has 3 aromatic carbocycles. The Balaban J connectivity index is 1.63. The molecule has 4 aromatic rings. The lowest BCUT2D eigenvalue weighted by atomic mass is 10.0. The summed E-state index contributed by atoms with van der Waals surface area (Å²) in [6, 6.07) is 23.0. The molecule has 0 fully saturated rings. The van der Waals surface area contributed by atoms with Crippen molar-refractivity contribution in [2.75, 3.05) is 19.0 Å². The van der Waals surface area contributed by atoms with E-state index < -0.39 is 0 Å². The minimum Gasteiger partial charge on any atom is -0.424 e. The standard InChI is InChI=1S/C31H34N2O3/c1-4-5-6-7-8-17-30(34)36-29-22-33(27-15-11-9-13-25(27)29)28-16-12-10-14-26(28)31(35)23-18-20-24(21-19-23)32(2)3/h9-16,18-22H,4-8,17H2,1-3H3. The van der Waals surface area contributed by atoms with Crippen molar-refractivity contribution in [3.63, 3.8) is 0 Å². The Labute approximate surface area is 213 Å². The minimum atomic E-state index is -0.222. The second-order valence-electron chi connectivity index (χ2n) is 9.31. The van der Waals surface area contributed by atoms with Crippen LogP contribution in [0.1, 0.15) is 61.4 Å². The number of aromatic nitrogens is 1. The van der Waals surface area contributed by atoms with Gasteiger partial charge in [0.25, 0.3) is 0 Å². The van der Waals surface area contributed by atoms with Crippen LogP contribution in [0.2, 0.25) is 0 Å². The molecule has 1 aromatic heterocycles. The summed E-state index contributed by atoms with van der Waals surface area (Å²) in [6.45, 7) is 2.18. The summed E-state index contributed by atoms with van der Waals surface area (Å²) in [5.41, 5.74) is 3.88. The zero-order chi connectivity index (χ0) is 25.5. The van der Waals surface area contributed by atoms with Crippen molar-refractivity contribution < 1.29 is 14.3 Å². The van der Waals surface area contributed by atoms with Crippen LogP contribution in [0.15, 0.2) is 79.0 Å². The SMILES string of the molecule is CCCCCCCC(=O)Oc1cn(-c2ccccc2C(=O)c2ccc(N(C)C)cc2)c2ccccc12. The predicted octanol–water partition coefficient (Wildman–Crippen LogP) is 7.19. The second kappa shape index (κ2) is 11.7. The van der Waals surface area contributed by atoms with Crippen LogP contribution in [0.4, 0.5) is 5.69 Å². The molecule has 0 unspecified atom stereocenters. The molecule has 0 atom stereocenters. The highest BCUT2D eigenvalue weighted by Crippen LogP contribution is 2.33. The molecule has 5 nitrogen and oxygen atoms in total. The van der Waals surface area contributed by atoms with Crippen LogP contribution in [-0.4, -0.2) is 30.4 Å². The monoisotopic (exact) mass is 482 g/mol. The van der Waals surface area contributed by atoms with Gasteiger partial charge in [0.05, 0.1) is 17.4 Å². The van der Waals surface area contributed by atoms with Gasteiger partial charge in [0.2, 0.25) is 0 Å². The molecular formula is C31H34N2O3. The fourth-order valence-electron chi connectivity index (χ4n) is 4.42. The number of nitrogens with zero attached hydrogens (tertiary/aromatic N) is 2. The number of para-hydroxylation sites is 2. The third-order valence-corrected chi connectivity index (χ3v) is 6.44. The summed E-state index contributed by atoms with van der Waals surface area (Å²) in [6.07, 6.45) is 7.61. The lowest BCUT2D eigenvalue weighted by Gasteiger charge is -2.14. The summed E-state index contributed by atoms with van der Waals surface area (Å²) < 4.78 is 7.75. The number of esters is 1. The zero-order valence-corrected chi connectivity index (χ0v) is 21.4. The number of ketones is 1. The van der Waals surface area contributed by atoms with Gasteiger partial charge in [-0.15, -0.1) is 0 Å². The van der Waals surface area contributed by atoms with Crippen molar-refractivity contribution in [3.8, 4) is 11.4 Å². The maximum atomic E-state index is 13.5. The lowest BCUT2D eigenvalue weighted by molar-refractivity contribution is -0.134. The number of unbranched alkanes of at least 4 members (excludes halogenated alkanes) is 4. The summed E-state index contributed by atoms with van der Waals surface area (Å²) >= 11 is 0. The van der Waals surface area contributed by atoms with E-state index in [0.717, 1.165) is 41.5 Å². The number of carbonyl (C=O) groups excluding carboxylic acids is 2. The van der Waals surface area contributed by atoms with Gasteiger partial charge in [-0.25, -0.2) is 0 Å². The van der Waals surface area contributed by atoms with Crippen molar-refractivity contribution in [1.82, 2.24) is 4.57 Å². The van der Waals surface area contributed by atoms with E-state index in [0.29, 0.717) is 23.3 Å². The van der Waals surface area contributed by atoms with Crippen LogP contribution in [0.25, 0.3) is 16.6 Å². The zero-order valence-electron chi connectivity index (χ0n) is 21.4. The van der Waals surface area contributed by atoms with Crippen molar-refractivity contribution in [2.45, 2.75) is 45.4 Å². The Hall–Kier alpha value is -3.86. The van der Waals surface area contributed by atoms with E-state index >= 15 is 0 Å². The smallest absolute Gasteiger partial charge is 0.311 e. The van der Waals surface area contributed by atoms with E-state index in [-0.39, 0.29) is 11.8 Å². The Morgan fingerprint density at radius 1 is 0.833 bits per heavy atom. The van der Waals surface area contributed by atoms with Gasteiger partial charge < -0.3 is 14.2 Å². The van der Waals surface area contributed by atoms with Gasteiger partial charge in [-0.2, -0.15) is 0 Å². The van der Waals surface area contributed by atoms with Crippen LogP contribution in [0.5, 0.6) is 5.75 Å². The third-order valence-electron chi connectivity index (χ3n) is 6.44. The first-order chi connectivity index (χ1) is 17.5. The van der Waals surface area contributed by atoms with Crippen molar-refractivity contribution in [2.24, 2.45) is 0 Å². The number of hydrogen-bond donors (Lipinski definition) is 0. The van der Waals surface area contributed by atoms with E-state index in [1.54, 1.807) is 0 Å². The van der Waals surface area contributed by atoms with Crippen molar-refractivity contribution >= 4 is 28.3 Å². The molecule has 0 saturated carbocycles. The highest BCUT2D eigenvalue weighted by atomic mass is 16.5. The number of hydrogen-bond acceptors (Lipinski definition) is 4. The molecule has 186 valence electrons. The topological polar surface area (TPSA) is 51.5 Å². The summed E-state index contributed by atoms with van der Waals surface area (Å²) in [7, 11) is 3.94. The molecule has 0 radical (unpaired) electrons. The van der Waals surface area contributed by atoms with Gasteiger partial charge in [-0.1, -0.05) is 56.9 Å². The highest BCUT2D eigenvalue weighted by Gasteiger charge is 2.19. The molecule has 5 heteroatoms. The molecule has 4 rings (SSSR count). The molecule has 0 saturated heterocycles. The molecular weight excluding hydrogens is 448 g/mol. The van der Waals surface area contributed by atoms with Gasteiger partial charge in [0, 0.05) is 42.7 Å². The van der Waals surface area contributed by atoms with E-state index in [4.69, 9.17) is 4.74 Å². The van der Waals surface area contributed by atoms with Crippen LogP contribution < -0.4 is 9.64 Å². The van der Waals surface area contributed by atoms with Crippen LogP contribution in [0, 0.1) is 0 Å². The molecule has 36 heavy (non-hydrogen) atoms. The van der Waals surface area contributed by atoms with E-state index in [1.165, 1.54) is 12.8 Å². The first-order valence-electron chi connectivity index (χ1n) is 12.7. The van der Waals surface area contributed by atoms with Crippen LogP contribution >= 0.6 is 0 Å². The first kappa shape index (κ1) is 25.2. The maximum Gasteiger partial charge on any atom is 0.311 e. The average Bonchev–Trinajstić information content (AvgIpc) is 3.26. The molecule has 0 N–H and O–H groups in total. The van der Waals surface area contributed by atoms with E-state index in [9.17, 15) is 9.59 Å². The number of carbonyl (C=O) groups is 2. The van der Waals surface area contributed by atoms with Gasteiger partial charge in [0.1, 0.15) is 0 Å². The number of anilines is 1. The largest absolute Gasteiger partial charge is 0.424 e. The Bertz CT molecular complexity index is 1340. The summed E-state index contributed by atoms with van der Waals surface area (Å²) in [4.78, 5) is 28.1. The molecule has 0 aliphatic rings. The van der Waals surface area contributed by atoms with Crippen LogP contribution in [-0.2, 0) is 4.79 Å². The number of rotatable bonds is 11. The van der Waals surface area contributed by atoms with E-state index in [2.05, 4.69) is 6.92 Å². The lowest BCUT2D eigenvalue weighted by Crippen LogP contribution is -2.10. The maximum absolute atomic E-state index is 13.5. The molecule has 0 spiro atoms. The number of ether oxygens (including phenoxy) is 1. The Morgan fingerprint density at radius 2 is 1.53 bits per heavy atom. The third kappa shape index (κ3) is 5.68. The molecule has 1 heterocycles. The predicted molar refractivity (Wildman–Crippen MR) is 146 cm³/mol. The van der Waals surface area contributed by atoms with Gasteiger partial charge in [-0.05, 0) is 55.0 Å². The first-order valence-corrected chi connectivity index (χ1v) is 12.7. The fraction of sp³-hybridized carbons (Fsp3) is 0.290. The normalized spacial score (nSPS) is 11.0. The van der Waals surface area contributed by atoms with Crippen molar-refractivity contribution in [3.05, 3.63) is 90.1 Å². The number of benzene rings is 3. The van der Waals surface area contributed by atoms with Crippen LogP contribution in [0.3, 0.4) is 0 Å². The second-order valence-corrected chi connectivity index (χ2v) is 9.31. The Kier molecular flexibility index (Phi) is 8.21. The molecule has 0 bridgehead atoms. The summed E-state index contributed by atoms with van der Waals surface area (Å²) in [5, 5.41) is 0.842. The quantitative estimate of drug-likeness (QED) is 0.129. The van der Waals surface area contributed by atoms with E-state index in [1.807, 2.05) is 103 Å². The highest BCUT2D eigenvalue weighted by molar-refractivity contribution is 6.11. The molecule has 0 aliphatic heterocycles.